The molecule has 0 spiro atoms. The zero-order valence-corrected chi connectivity index (χ0v) is 24.0. The van der Waals surface area contributed by atoms with Gasteiger partial charge in [0.2, 0.25) is 5.91 Å². The molecule has 1 aliphatic carbocycles. The van der Waals surface area contributed by atoms with Crippen LogP contribution in [0.15, 0.2) is 66.8 Å². The summed E-state index contributed by atoms with van der Waals surface area (Å²) in [7, 11) is 4.69. The number of amides is 3. The molecule has 2 heterocycles. The number of urea groups is 1. The number of ether oxygens (including phenoxy) is 2. The summed E-state index contributed by atoms with van der Waals surface area (Å²) in [5.41, 5.74) is 1.97. The van der Waals surface area contributed by atoms with Gasteiger partial charge in [-0.05, 0) is 18.7 Å². The Bertz CT molecular complexity index is 1300. The van der Waals surface area contributed by atoms with Gasteiger partial charge in [0.1, 0.15) is 29.5 Å². The highest BCUT2D eigenvalue weighted by atomic mass is 16.5. The van der Waals surface area contributed by atoms with E-state index in [-0.39, 0.29) is 11.9 Å². The number of nitrogens with zero attached hydrogens (tertiary/aromatic N) is 5. The van der Waals surface area contributed by atoms with Gasteiger partial charge in [0.15, 0.2) is 0 Å². The first kappa shape index (κ1) is 29.6. The molecule has 1 atom stereocenters. The molecule has 1 aliphatic heterocycles. The van der Waals surface area contributed by atoms with Crippen molar-refractivity contribution in [3.05, 3.63) is 66.8 Å². The second-order valence-corrected chi connectivity index (χ2v) is 9.66. The van der Waals surface area contributed by atoms with Gasteiger partial charge in [0.25, 0.3) is 0 Å². The van der Waals surface area contributed by atoms with Gasteiger partial charge < -0.3 is 30.3 Å². The molecule has 0 saturated carbocycles. The molecule has 3 N–H and O–H groups in total. The number of methoxy groups -OCH3 is 2. The predicted molar refractivity (Wildman–Crippen MR) is 159 cm³/mol. The molecular formula is C29H38N8O4. The van der Waals surface area contributed by atoms with Crippen molar-refractivity contribution in [1.82, 2.24) is 25.1 Å². The normalized spacial score (nSPS) is 17.5. The Morgan fingerprint density at radius 3 is 2.41 bits per heavy atom. The highest BCUT2D eigenvalue weighted by Gasteiger charge is 2.26. The van der Waals surface area contributed by atoms with Gasteiger partial charge in [0, 0.05) is 81.3 Å². The number of anilines is 3. The average Bonchev–Trinajstić information content (AvgIpc) is 3.01. The van der Waals surface area contributed by atoms with E-state index in [1.807, 2.05) is 6.08 Å². The van der Waals surface area contributed by atoms with Crippen molar-refractivity contribution >= 4 is 29.3 Å². The maximum absolute atomic E-state index is 13.0. The maximum Gasteiger partial charge on any atom is 0.327 e. The summed E-state index contributed by atoms with van der Waals surface area (Å²) < 4.78 is 10.6. The van der Waals surface area contributed by atoms with Crippen LogP contribution in [0, 0.1) is 0 Å². The van der Waals surface area contributed by atoms with Gasteiger partial charge >= 0.3 is 6.03 Å². The summed E-state index contributed by atoms with van der Waals surface area (Å²) in [6.07, 6.45) is 7.38. The highest BCUT2D eigenvalue weighted by molar-refractivity contribution is 6.01. The number of nitrogens with one attached hydrogen (secondary N) is 3. The van der Waals surface area contributed by atoms with E-state index in [0.29, 0.717) is 40.9 Å². The van der Waals surface area contributed by atoms with Crippen molar-refractivity contribution in [3.63, 3.8) is 0 Å². The molecule has 0 bridgehead atoms. The van der Waals surface area contributed by atoms with E-state index >= 15 is 0 Å². The summed E-state index contributed by atoms with van der Waals surface area (Å²) in [6, 6.07) is 6.53. The first-order chi connectivity index (χ1) is 19.8. The smallest absolute Gasteiger partial charge is 0.327 e. The average molecular weight is 563 g/mol. The molecule has 1 fully saturated rings. The van der Waals surface area contributed by atoms with Crippen LogP contribution < -0.4 is 30.3 Å². The lowest BCUT2D eigenvalue weighted by Gasteiger charge is -2.39. The Morgan fingerprint density at radius 2 is 1.78 bits per heavy atom. The van der Waals surface area contributed by atoms with E-state index in [9.17, 15) is 9.59 Å². The number of aromatic nitrogens is 2. The number of carbonyl (C=O) groups excluding carboxylic acids is 2. The predicted octanol–water partition coefficient (Wildman–Crippen LogP) is 3.05. The summed E-state index contributed by atoms with van der Waals surface area (Å²) in [4.78, 5) is 40.1. The fourth-order valence-corrected chi connectivity index (χ4v) is 4.72. The zero-order chi connectivity index (χ0) is 29.4. The third-order valence-corrected chi connectivity index (χ3v) is 7.17. The molecule has 1 aromatic carbocycles. The van der Waals surface area contributed by atoms with Gasteiger partial charge in [-0.3, -0.25) is 14.6 Å². The minimum atomic E-state index is -0.410. The first-order valence-corrected chi connectivity index (χ1v) is 13.5. The highest BCUT2D eigenvalue weighted by Crippen LogP contribution is 2.27. The number of piperazine rings is 1. The van der Waals surface area contributed by atoms with Gasteiger partial charge in [-0.15, -0.1) is 0 Å². The van der Waals surface area contributed by atoms with Gasteiger partial charge in [-0.2, -0.15) is 0 Å². The Labute approximate surface area is 240 Å². The number of benzene rings is 1. The quantitative estimate of drug-likeness (QED) is 0.375. The fourth-order valence-electron chi connectivity index (χ4n) is 4.72. The lowest BCUT2D eigenvalue weighted by Crippen LogP contribution is -2.50. The van der Waals surface area contributed by atoms with Crippen LogP contribution in [-0.4, -0.2) is 91.7 Å². The Morgan fingerprint density at radius 1 is 1.07 bits per heavy atom. The van der Waals surface area contributed by atoms with Gasteiger partial charge in [-0.25, -0.2) is 14.8 Å². The van der Waals surface area contributed by atoms with Crippen LogP contribution in [0.4, 0.5) is 22.1 Å². The van der Waals surface area contributed by atoms with Crippen molar-refractivity contribution < 1.29 is 19.1 Å². The number of likely N-dealkylation sites (N-methyl/N-ethyl adjacent to an activating group) is 1. The molecule has 3 amide bonds. The summed E-state index contributed by atoms with van der Waals surface area (Å²) >= 11 is 0. The standard InChI is InChI=1S/C29H38N8O4/c1-6-28(38)34-25-16-21(37-12-10-36(7-2)11-13-37)8-9-24(25)33-26-18-27(31-19-30-26)35(3)29(39)32-20-14-22(40-4)17-23(15-20)41-5/h6,8-9,14-15,17-19,21H,1,7,10-13,16H2,2-5H3,(H,32,39)(H,34,38)(H,30,31,33). The minimum Gasteiger partial charge on any atom is -0.497 e. The van der Waals surface area contributed by atoms with Crippen LogP contribution in [0.25, 0.3) is 0 Å². The molecule has 2 aromatic rings. The third-order valence-electron chi connectivity index (χ3n) is 7.17. The number of hydrogen-bond donors (Lipinski definition) is 3. The van der Waals surface area contributed by atoms with Crippen molar-refractivity contribution in [3.8, 4) is 11.5 Å². The Balaban J connectivity index is 1.48. The molecule has 2 aliphatic rings. The molecule has 41 heavy (non-hydrogen) atoms. The molecule has 1 aromatic heterocycles. The second-order valence-electron chi connectivity index (χ2n) is 9.66. The lowest BCUT2D eigenvalue weighted by molar-refractivity contribution is -0.115. The molecule has 218 valence electrons. The van der Waals surface area contributed by atoms with Crippen LogP contribution >= 0.6 is 0 Å². The van der Waals surface area contributed by atoms with E-state index in [2.05, 4.69) is 55.3 Å². The van der Waals surface area contributed by atoms with Crippen molar-refractivity contribution in [2.75, 3.05) is 69.5 Å². The monoisotopic (exact) mass is 562 g/mol. The van der Waals surface area contributed by atoms with Crippen LogP contribution in [0.2, 0.25) is 0 Å². The zero-order valence-electron chi connectivity index (χ0n) is 24.0. The molecule has 1 unspecified atom stereocenters. The minimum absolute atomic E-state index is 0.172. The van der Waals surface area contributed by atoms with E-state index in [1.165, 1.54) is 17.3 Å². The van der Waals surface area contributed by atoms with Gasteiger partial charge in [-0.1, -0.05) is 19.6 Å². The second kappa shape index (κ2) is 13.8. The lowest BCUT2D eigenvalue weighted by atomic mass is 10.0. The van der Waals surface area contributed by atoms with Crippen LogP contribution in [-0.2, 0) is 4.79 Å². The summed E-state index contributed by atoms with van der Waals surface area (Å²) in [5.74, 6) is 1.67. The molecular weight excluding hydrogens is 524 g/mol. The molecule has 0 radical (unpaired) electrons. The Kier molecular flexibility index (Phi) is 9.93. The van der Waals surface area contributed by atoms with Crippen molar-refractivity contribution in [2.45, 2.75) is 19.4 Å². The maximum atomic E-state index is 13.0. The van der Waals surface area contributed by atoms with E-state index in [1.54, 1.807) is 45.5 Å². The number of allylic oxidation sites excluding steroid dienone is 1. The number of carbonyl (C=O) groups is 2. The Hall–Kier alpha value is -4.42. The number of rotatable bonds is 10. The SMILES string of the molecule is C=CC(=O)NC1=C(Nc2cc(N(C)C(=O)Nc3cc(OC)cc(OC)c3)ncn2)C=CC(N2CCN(CC)CC2)C1. The fraction of sp³-hybridized carbons (Fsp3) is 0.379. The van der Waals surface area contributed by atoms with E-state index in [4.69, 9.17) is 9.47 Å². The molecule has 12 nitrogen and oxygen atoms in total. The van der Waals surface area contributed by atoms with Crippen LogP contribution in [0.3, 0.4) is 0 Å². The first-order valence-electron chi connectivity index (χ1n) is 13.5. The summed E-state index contributed by atoms with van der Waals surface area (Å²) in [5, 5.41) is 9.08. The van der Waals surface area contributed by atoms with Gasteiger partial charge in [0.05, 0.1) is 19.9 Å². The van der Waals surface area contributed by atoms with Crippen LogP contribution in [0.5, 0.6) is 11.5 Å². The number of hydrogen-bond acceptors (Lipinski definition) is 9. The molecule has 4 rings (SSSR count). The molecule has 1 saturated heterocycles. The summed E-state index contributed by atoms with van der Waals surface area (Å²) in [6.45, 7) is 10.8. The van der Waals surface area contributed by atoms with E-state index < -0.39 is 6.03 Å². The van der Waals surface area contributed by atoms with Crippen molar-refractivity contribution in [2.24, 2.45) is 0 Å². The topological polar surface area (TPSA) is 124 Å². The third kappa shape index (κ3) is 7.62. The van der Waals surface area contributed by atoms with E-state index in [0.717, 1.165) is 38.4 Å². The largest absolute Gasteiger partial charge is 0.497 e. The molecule has 12 heteroatoms. The van der Waals surface area contributed by atoms with Crippen LogP contribution in [0.1, 0.15) is 13.3 Å². The van der Waals surface area contributed by atoms with Crippen molar-refractivity contribution in [1.29, 1.82) is 0 Å².